The lowest BCUT2D eigenvalue weighted by molar-refractivity contribution is -0.0739. The van der Waals surface area contributed by atoms with Crippen LogP contribution in [0.2, 0.25) is 0 Å². The quantitative estimate of drug-likeness (QED) is 0.659. The number of ether oxygens (including phenoxy) is 2. The molecule has 0 N–H and O–H groups in total. The topological polar surface area (TPSA) is 18.5 Å². The number of hydrogen-bond donors (Lipinski definition) is 0. The average Bonchev–Trinajstić information content (AvgIpc) is 2.18. The van der Waals surface area contributed by atoms with Crippen molar-refractivity contribution in [2.45, 2.75) is 45.8 Å². The Bertz CT molecular complexity index is 148. The predicted molar refractivity (Wildman–Crippen MR) is 64.1 cm³/mol. The lowest BCUT2D eigenvalue weighted by Gasteiger charge is -2.28. The smallest absolute Gasteiger partial charge is 0.0830 e. The molecule has 14 heavy (non-hydrogen) atoms. The maximum atomic E-state index is 5.78. The molecule has 0 radical (unpaired) electrons. The van der Waals surface area contributed by atoms with E-state index >= 15 is 0 Å². The lowest BCUT2D eigenvalue weighted by atomic mass is 10.0. The third-order valence-electron chi connectivity index (χ3n) is 2.54. The molecule has 0 saturated heterocycles. The molecule has 0 aliphatic carbocycles. The Morgan fingerprint density at radius 3 is 2.29 bits per heavy atom. The first-order chi connectivity index (χ1) is 6.46. The van der Waals surface area contributed by atoms with Gasteiger partial charge in [-0.05, 0) is 19.8 Å². The normalized spacial score (nSPS) is 16.7. The van der Waals surface area contributed by atoms with Crippen molar-refractivity contribution in [3.8, 4) is 0 Å². The van der Waals surface area contributed by atoms with Crippen molar-refractivity contribution in [2.75, 3.05) is 19.0 Å². The van der Waals surface area contributed by atoms with E-state index in [9.17, 15) is 0 Å². The summed E-state index contributed by atoms with van der Waals surface area (Å²) in [7, 11) is 1.75. The molecule has 86 valence electrons. The van der Waals surface area contributed by atoms with Crippen molar-refractivity contribution >= 4 is 15.9 Å². The molecule has 0 aromatic carbocycles. The lowest BCUT2D eigenvalue weighted by Crippen LogP contribution is -2.34. The molecule has 0 rings (SSSR count). The minimum absolute atomic E-state index is 0.107. The molecule has 0 saturated carbocycles. The molecule has 0 fully saturated rings. The van der Waals surface area contributed by atoms with Crippen molar-refractivity contribution in [3.63, 3.8) is 0 Å². The van der Waals surface area contributed by atoms with E-state index in [1.807, 2.05) is 0 Å². The van der Waals surface area contributed by atoms with Gasteiger partial charge in [-0.1, -0.05) is 36.2 Å². The number of rotatable bonds is 7. The third-order valence-corrected chi connectivity index (χ3v) is 3.89. The zero-order chi connectivity index (χ0) is 11.2. The number of hydrogen-bond acceptors (Lipinski definition) is 2. The first kappa shape index (κ1) is 14.4. The van der Waals surface area contributed by atoms with Gasteiger partial charge in [-0.3, -0.25) is 0 Å². The second kappa shape index (κ2) is 6.81. The maximum Gasteiger partial charge on any atom is 0.0830 e. The molecule has 2 nitrogen and oxygen atoms in total. The summed E-state index contributed by atoms with van der Waals surface area (Å²) in [4.78, 5) is 0. The first-order valence-electron chi connectivity index (χ1n) is 5.19. The van der Waals surface area contributed by atoms with Crippen molar-refractivity contribution in [2.24, 2.45) is 5.92 Å². The van der Waals surface area contributed by atoms with Crippen LogP contribution in [-0.2, 0) is 9.47 Å². The molecule has 0 spiro atoms. The Balaban J connectivity index is 3.95. The van der Waals surface area contributed by atoms with Crippen LogP contribution < -0.4 is 0 Å². The molecule has 0 aromatic rings. The summed E-state index contributed by atoms with van der Waals surface area (Å²) in [5.41, 5.74) is -0.107. The SMILES string of the molecule is CCC(C)C(COC(C)(C)CBr)OC. The summed E-state index contributed by atoms with van der Waals surface area (Å²) >= 11 is 3.43. The molecule has 0 bridgehead atoms. The highest BCUT2D eigenvalue weighted by atomic mass is 79.9. The molecule has 0 aliphatic rings. The summed E-state index contributed by atoms with van der Waals surface area (Å²) in [6, 6.07) is 0. The minimum Gasteiger partial charge on any atom is -0.379 e. The minimum atomic E-state index is -0.107. The van der Waals surface area contributed by atoms with Crippen LogP contribution in [0.4, 0.5) is 0 Å². The zero-order valence-electron chi connectivity index (χ0n) is 9.97. The van der Waals surface area contributed by atoms with Crippen LogP contribution in [0.25, 0.3) is 0 Å². The van der Waals surface area contributed by atoms with Gasteiger partial charge < -0.3 is 9.47 Å². The van der Waals surface area contributed by atoms with Crippen molar-refractivity contribution in [1.82, 2.24) is 0 Å². The van der Waals surface area contributed by atoms with Gasteiger partial charge in [0.15, 0.2) is 0 Å². The predicted octanol–water partition coefficient (Wildman–Crippen LogP) is 3.24. The summed E-state index contributed by atoms with van der Waals surface area (Å²) < 4.78 is 11.2. The fraction of sp³-hybridized carbons (Fsp3) is 1.00. The Morgan fingerprint density at radius 2 is 1.93 bits per heavy atom. The fourth-order valence-electron chi connectivity index (χ4n) is 1.07. The number of methoxy groups -OCH3 is 1. The Hall–Kier alpha value is 0.400. The van der Waals surface area contributed by atoms with E-state index in [0.29, 0.717) is 12.5 Å². The molecule has 2 unspecified atom stereocenters. The van der Waals surface area contributed by atoms with Gasteiger partial charge in [-0.2, -0.15) is 0 Å². The molecule has 2 atom stereocenters. The molecular formula is C11H23BrO2. The van der Waals surface area contributed by atoms with E-state index < -0.39 is 0 Å². The molecule has 0 aromatic heterocycles. The van der Waals surface area contributed by atoms with Crippen molar-refractivity contribution in [3.05, 3.63) is 0 Å². The summed E-state index contributed by atoms with van der Waals surface area (Å²) in [5.74, 6) is 0.547. The van der Waals surface area contributed by atoms with Gasteiger partial charge in [0, 0.05) is 12.4 Å². The van der Waals surface area contributed by atoms with Crippen molar-refractivity contribution in [1.29, 1.82) is 0 Å². The Morgan fingerprint density at radius 1 is 1.36 bits per heavy atom. The van der Waals surface area contributed by atoms with Crippen LogP contribution >= 0.6 is 15.9 Å². The van der Waals surface area contributed by atoms with E-state index in [4.69, 9.17) is 9.47 Å². The fourth-order valence-corrected chi connectivity index (χ4v) is 1.24. The molecule has 0 heterocycles. The number of halogens is 1. The van der Waals surface area contributed by atoms with E-state index in [-0.39, 0.29) is 11.7 Å². The highest BCUT2D eigenvalue weighted by molar-refractivity contribution is 9.09. The van der Waals surface area contributed by atoms with E-state index in [1.165, 1.54) is 0 Å². The van der Waals surface area contributed by atoms with Crippen LogP contribution in [0.1, 0.15) is 34.1 Å². The molecule has 0 aliphatic heterocycles. The van der Waals surface area contributed by atoms with Gasteiger partial charge in [0.1, 0.15) is 0 Å². The van der Waals surface area contributed by atoms with Crippen molar-refractivity contribution < 1.29 is 9.47 Å². The van der Waals surface area contributed by atoms with E-state index in [0.717, 1.165) is 11.8 Å². The summed E-state index contributed by atoms with van der Waals surface area (Å²) in [6.45, 7) is 9.19. The zero-order valence-corrected chi connectivity index (χ0v) is 11.6. The first-order valence-corrected chi connectivity index (χ1v) is 6.31. The third kappa shape index (κ3) is 5.32. The summed E-state index contributed by atoms with van der Waals surface area (Å²) in [6.07, 6.45) is 1.33. The second-order valence-corrected chi connectivity index (χ2v) is 4.92. The highest BCUT2D eigenvalue weighted by Gasteiger charge is 2.21. The van der Waals surface area contributed by atoms with Gasteiger partial charge in [0.25, 0.3) is 0 Å². The molecule has 0 amide bonds. The van der Waals surface area contributed by atoms with Gasteiger partial charge >= 0.3 is 0 Å². The van der Waals surface area contributed by atoms with Crippen LogP contribution in [0.15, 0.2) is 0 Å². The van der Waals surface area contributed by atoms with E-state index in [1.54, 1.807) is 7.11 Å². The monoisotopic (exact) mass is 266 g/mol. The second-order valence-electron chi connectivity index (χ2n) is 4.36. The molecular weight excluding hydrogens is 244 g/mol. The van der Waals surface area contributed by atoms with Gasteiger partial charge in [0.2, 0.25) is 0 Å². The number of alkyl halides is 1. The van der Waals surface area contributed by atoms with Crippen LogP contribution in [0.5, 0.6) is 0 Å². The Kier molecular flexibility index (Phi) is 7.00. The van der Waals surface area contributed by atoms with E-state index in [2.05, 4.69) is 43.6 Å². The highest BCUT2D eigenvalue weighted by Crippen LogP contribution is 2.17. The maximum absolute atomic E-state index is 5.78. The van der Waals surface area contributed by atoms with Crippen LogP contribution in [0.3, 0.4) is 0 Å². The van der Waals surface area contributed by atoms with Gasteiger partial charge in [0.05, 0.1) is 18.3 Å². The Labute approximate surface area is 96.5 Å². The van der Waals surface area contributed by atoms with Gasteiger partial charge in [-0.25, -0.2) is 0 Å². The van der Waals surface area contributed by atoms with Crippen LogP contribution in [0, 0.1) is 5.92 Å². The standard InChI is InChI=1S/C11H23BrO2/c1-6-9(2)10(13-5)7-14-11(3,4)8-12/h9-10H,6-8H2,1-5H3. The molecule has 3 heteroatoms. The van der Waals surface area contributed by atoms with Crippen LogP contribution in [-0.4, -0.2) is 30.8 Å². The average molecular weight is 267 g/mol. The summed E-state index contributed by atoms with van der Waals surface area (Å²) in [5, 5.41) is 0.844. The largest absolute Gasteiger partial charge is 0.379 e. The van der Waals surface area contributed by atoms with Gasteiger partial charge in [-0.15, -0.1) is 0 Å².